The molecule has 4 rings (SSSR count). The van der Waals surface area contributed by atoms with Gasteiger partial charge >= 0.3 is 0 Å². The Morgan fingerprint density at radius 1 is 1.36 bits per heavy atom. The third-order valence-electron chi connectivity index (χ3n) is 3.74. The van der Waals surface area contributed by atoms with Crippen molar-refractivity contribution in [3.05, 3.63) is 41.3 Å². The molecular formula is C17H15N3O3S2. The molecule has 0 N–H and O–H groups in total. The second-order valence-corrected chi connectivity index (χ2v) is 7.38. The lowest BCUT2D eigenvalue weighted by Gasteiger charge is -2.29. The van der Waals surface area contributed by atoms with Crippen molar-refractivity contribution in [1.29, 1.82) is 0 Å². The number of carbonyl (C=O) groups is 1. The number of benzene rings is 1. The van der Waals surface area contributed by atoms with Crippen LogP contribution < -0.4 is 9.64 Å². The zero-order valence-corrected chi connectivity index (χ0v) is 15.1. The molecule has 0 saturated carbocycles. The molecule has 128 valence electrons. The SMILES string of the molecule is Cc1ccc2c(c1)N(C(=O)CSc1nnc(-c3cccs3)o1)CCO2. The molecule has 0 atom stereocenters. The number of hydrogen-bond donors (Lipinski definition) is 0. The third kappa shape index (κ3) is 3.40. The van der Waals surface area contributed by atoms with Gasteiger partial charge in [-0.15, -0.1) is 21.5 Å². The fourth-order valence-electron chi connectivity index (χ4n) is 2.56. The number of carbonyl (C=O) groups excluding carboxylic acids is 1. The Bertz CT molecular complexity index is 892. The predicted octanol–water partition coefficient (Wildman–Crippen LogP) is 3.62. The van der Waals surface area contributed by atoms with Crippen LogP contribution in [-0.2, 0) is 4.79 Å². The standard InChI is InChI=1S/C17H15N3O3S2/c1-11-4-5-13-12(9-11)20(6-7-22-13)15(21)10-25-17-19-18-16(23-17)14-3-2-8-24-14/h2-5,8-9H,6-7,10H2,1H3. The first-order valence-electron chi connectivity index (χ1n) is 7.75. The number of anilines is 1. The minimum absolute atomic E-state index is 0.00368. The Labute approximate surface area is 152 Å². The van der Waals surface area contributed by atoms with Crippen molar-refractivity contribution < 1.29 is 13.9 Å². The molecule has 6 nitrogen and oxygen atoms in total. The first kappa shape index (κ1) is 16.2. The van der Waals surface area contributed by atoms with Gasteiger partial charge in [0.2, 0.25) is 5.91 Å². The Morgan fingerprint density at radius 3 is 3.12 bits per heavy atom. The van der Waals surface area contributed by atoms with Gasteiger partial charge in [-0.05, 0) is 36.1 Å². The van der Waals surface area contributed by atoms with Crippen LogP contribution >= 0.6 is 23.1 Å². The molecule has 0 radical (unpaired) electrons. The number of aryl methyl sites for hydroxylation is 1. The summed E-state index contributed by atoms with van der Waals surface area (Å²) in [5.74, 6) is 1.46. The maximum Gasteiger partial charge on any atom is 0.277 e. The maximum absolute atomic E-state index is 12.6. The molecule has 1 aliphatic rings. The van der Waals surface area contributed by atoms with E-state index in [0.717, 1.165) is 21.9 Å². The number of thiophene rings is 1. The molecule has 3 aromatic rings. The van der Waals surface area contributed by atoms with Crippen LogP contribution in [0.3, 0.4) is 0 Å². The van der Waals surface area contributed by atoms with Crippen LogP contribution in [0.1, 0.15) is 5.56 Å². The summed E-state index contributed by atoms with van der Waals surface area (Å²) in [5, 5.41) is 10.4. The molecule has 8 heteroatoms. The highest BCUT2D eigenvalue weighted by Crippen LogP contribution is 2.33. The highest BCUT2D eigenvalue weighted by molar-refractivity contribution is 7.99. The molecule has 0 fully saturated rings. The number of ether oxygens (including phenoxy) is 1. The summed E-state index contributed by atoms with van der Waals surface area (Å²) in [7, 11) is 0. The molecule has 2 aromatic heterocycles. The fourth-order valence-corrected chi connectivity index (χ4v) is 3.84. The first-order valence-corrected chi connectivity index (χ1v) is 9.61. The van der Waals surface area contributed by atoms with Crippen LogP contribution in [0, 0.1) is 6.92 Å². The lowest BCUT2D eigenvalue weighted by molar-refractivity contribution is -0.116. The van der Waals surface area contributed by atoms with E-state index < -0.39 is 0 Å². The number of amides is 1. The van der Waals surface area contributed by atoms with Crippen molar-refractivity contribution in [2.24, 2.45) is 0 Å². The van der Waals surface area contributed by atoms with Crippen LogP contribution in [0.25, 0.3) is 10.8 Å². The number of fused-ring (bicyclic) bond motifs is 1. The van der Waals surface area contributed by atoms with Gasteiger partial charge in [0.05, 0.1) is 22.9 Å². The van der Waals surface area contributed by atoms with Gasteiger partial charge in [0.1, 0.15) is 12.4 Å². The van der Waals surface area contributed by atoms with Gasteiger partial charge in [0.15, 0.2) is 0 Å². The van der Waals surface area contributed by atoms with Gasteiger partial charge in [0, 0.05) is 0 Å². The average Bonchev–Trinajstić information content (AvgIpc) is 3.30. The van der Waals surface area contributed by atoms with Gasteiger partial charge in [-0.1, -0.05) is 23.9 Å². The number of thioether (sulfide) groups is 1. The van der Waals surface area contributed by atoms with Crippen LogP contribution in [0.5, 0.6) is 5.75 Å². The van der Waals surface area contributed by atoms with E-state index in [1.165, 1.54) is 23.1 Å². The van der Waals surface area contributed by atoms with Gasteiger partial charge in [0.25, 0.3) is 11.1 Å². The topological polar surface area (TPSA) is 68.5 Å². The Balaban J connectivity index is 1.44. The monoisotopic (exact) mass is 373 g/mol. The van der Waals surface area contributed by atoms with E-state index in [0.29, 0.717) is 24.3 Å². The van der Waals surface area contributed by atoms with E-state index in [4.69, 9.17) is 9.15 Å². The summed E-state index contributed by atoms with van der Waals surface area (Å²) in [6.45, 7) is 3.03. The molecule has 1 aliphatic heterocycles. The van der Waals surface area contributed by atoms with E-state index in [-0.39, 0.29) is 11.7 Å². The highest BCUT2D eigenvalue weighted by Gasteiger charge is 2.24. The molecule has 0 bridgehead atoms. The van der Waals surface area contributed by atoms with Crippen LogP contribution in [0.4, 0.5) is 5.69 Å². The quantitative estimate of drug-likeness (QED) is 0.651. The summed E-state index contributed by atoms with van der Waals surface area (Å²) in [6.07, 6.45) is 0. The Hall–Kier alpha value is -2.32. The van der Waals surface area contributed by atoms with Crippen molar-refractivity contribution in [3.8, 4) is 16.5 Å². The van der Waals surface area contributed by atoms with Gasteiger partial charge in [-0.3, -0.25) is 4.79 Å². The second-order valence-electron chi connectivity index (χ2n) is 5.50. The van der Waals surface area contributed by atoms with Gasteiger partial charge in [-0.2, -0.15) is 0 Å². The normalized spacial score (nSPS) is 13.4. The number of aromatic nitrogens is 2. The number of nitrogens with zero attached hydrogens (tertiary/aromatic N) is 3. The summed E-state index contributed by atoms with van der Waals surface area (Å²) < 4.78 is 11.2. The zero-order valence-electron chi connectivity index (χ0n) is 13.5. The van der Waals surface area contributed by atoms with Crippen molar-refractivity contribution >= 4 is 34.7 Å². The van der Waals surface area contributed by atoms with E-state index in [2.05, 4.69) is 10.2 Å². The number of rotatable bonds is 4. The molecular weight excluding hydrogens is 358 g/mol. The van der Waals surface area contributed by atoms with E-state index in [1.807, 2.05) is 42.6 Å². The molecule has 0 saturated heterocycles. The highest BCUT2D eigenvalue weighted by atomic mass is 32.2. The van der Waals surface area contributed by atoms with Crippen LogP contribution in [-0.4, -0.2) is 35.0 Å². The largest absolute Gasteiger partial charge is 0.490 e. The lowest BCUT2D eigenvalue weighted by atomic mass is 10.1. The van der Waals surface area contributed by atoms with E-state index >= 15 is 0 Å². The van der Waals surface area contributed by atoms with Crippen molar-refractivity contribution in [1.82, 2.24) is 10.2 Å². The predicted molar refractivity (Wildman–Crippen MR) is 97.4 cm³/mol. The molecule has 25 heavy (non-hydrogen) atoms. The zero-order chi connectivity index (χ0) is 17.2. The van der Waals surface area contributed by atoms with Gasteiger partial charge < -0.3 is 14.1 Å². The summed E-state index contributed by atoms with van der Waals surface area (Å²) >= 11 is 2.79. The minimum Gasteiger partial charge on any atom is -0.490 e. The van der Waals surface area contributed by atoms with E-state index in [1.54, 1.807) is 4.90 Å². The van der Waals surface area contributed by atoms with Gasteiger partial charge in [-0.25, -0.2) is 0 Å². The van der Waals surface area contributed by atoms with Crippen molar-refractivity contribution in [2.45, 2.75) is 12.1 Å². The minimum atomic E-state index is -0.00368. The third-order valence-corrected chi connectivity index (χ3v) is 5.40. The van der Waals surface area contributed by atoms with Crippen molar-refractivity contribution in [3.63, 3.8) is 0 Å². The van der Waals surface area contributed by atoms with Crippen molar-refractivity contribution in [2.75, 3.05) is 23.8 Å². The second kappa shape index (κ2) is 6.89. The molecule has 1 aromatic carbocycles. The Kier molecular flexibility index (Phi) is 4.46. The summed E-state index contributed by atoms with van der Waals surface area (Å²) in [5.41, 5.74) is 1.91. The first-order chi connectivity index (χ1) is 12.2. The van der Waals surface area contributed by atoms with Crippen LogP contribution in [0.15, 0.2) is 45.4 Å². The summed E-state index contributed by atoms with van der Waals surface area (Å²) in [6, 6.07) is 9.70. The maximum atomic E-state index is 12.6. The number of hydrogen-bond acceptors (Lipinski definition) is 7. The smallest absolute Gasteiger partial charge is 0.277 e. The molecule has 0 spiro atoms. The summed E-state index contributed by atoms with van der Waals surface area (Å²) in [4.78, 5) is 15.3. The molecule has 1 amide bonds. The Morgan fingerprint density at radius 2 is 2.28 bits per heavy atom. The average molecular weight is 373 g/mol. The fraction of sp³-hybridized carbons (Fsp3) is 0.235. The van der Waals surface area contributed by atoms with Crippen LogP contribution in [0.2, 0.25) is 0 Å². The molecule has 0 unspecified atom stereocenters. The molecule has 0 aliphatic carbocycles. The molecule has 3 heterocycles. The lowest BCUT2D eigenvalue weighted by Crippen LogP contribution is -2.39. The van der Waals surface area contributed by atoms with E-state index in [9.17, 15) is 4.79 Å².